The predicted molar refractivity (Wildman–Crippen MR) is 97.2 cm³/mol. The molecule has 1 aromatic rings. The minimum absolute atomic E-state index is 0.239. The molecule has 3 rings (SSSR count). The van der Waals surface area contributed by atoms with Crippen LogP contribution >= 0.6 is 15.9 Å². The summed E-state index contributed by atoms with van der Waals surface area (Å²) in [7, 11) is 0. The molecule has 5 nitrogen and oxygen atoms in total. The first kappa shape index (κ1) is 18.1. The van der Waals surface area contributed by atoms with Gasteiger partial charge in [0.2, 0.25) is 5.88 Å². The zero-order valence-electron chi connectivity index (χ0n) is 14.7. The van der Waals surface area contributed by atoms with E-state index in [-0.39, 0.29) is 6.10 Å². The Morgan fingerprint density at radius 3 is 2.17 bits per heavy atom. The predicted octanol–water partition coefficient (Wildman–Crippen LogP) is 3.82. The Hall–Kier alpha value is -0.720. The molecule has 1 saturated heterocycles. The lowest BCUT2D eigenvalue weighted by molar-refractivity contribution is -0.0690. The molecule has 134 valence electrons. The smallest absolute Gasteiger partial charge is 0.232 e. The van der Waals surface area contributed by atoms with Crippen LogP contribution in [0.2, 0.25) is 0 Å². The van der Waals surface area contributed by atoms with Gasteiger partial charge in [0.15, 0.2) is 0 Å². The van der Waals surface area contributed by atoms with Crippen molar-refractivity contribution in [3.05, 3.63) is 17.0 Å². The van der Waals surface area contributed by atoms with Gasteiger partial charge in [-0.05, 0) is 68.3 Å². The summed E-state index contributed by atoms with van der Waals surface area (Å²) in [6.45, 7) is 6.89. The van der Waals surface area contributed by atoms with Crippen LogP contribution in [0.15, 0.2) is 17.0 Å². The summed E-state index contributed by atoms with van der Waals surface area (Å²) in [4.78, 5) is 10.9. The van der Waals surface area contributed by atoms with Crippen molar-refractivity contribution in [1.29, 1.82) is 0 Å². The monoisotopic (exact) mass is 397 g/mol. The molecule has 1 saturated carbocycles. The van der Waals surface area contributed by atoms with Crippen LogP contribution in [-0.2, 0) is 4.74 Å². The van der Waals surface area contributed by atoms with Crippen LogP contribution in [0.3, 0.4) is 0 Å². The van der Waals surface area contributed by atoms with E-state index in [4.69, 9.17) is 9.47 Å². The van der Waals surface area contributed by atoms with Crippen molar-refractivity contribution in [2.45, 2.75) is 76.7 Å². The van der Waals surface area contributed by atoms with Gasteiger partial charge in [-0.25, -0.2) is 9.97 Å². The highest BCUT2D eigenvalue weighted by Gasteiger charge is 2.28. The number of halogens is 1. The van der Waals surface area contributed by atoms with E-state index >= 15 is 0 Å². The third-order valence-electron chi connectivity index (χ3n) is 5.10. The molecule has 2 aliphatic rings. The summed E-state index contributed by atoms with van der Waals surface area (Å²) < 4.78 is 13.0. The largest absolute Gasteiger partial charge is 0.473 e. The van der Waals surface area contributed by atoms with Crippen LogP contribution in [-0.4, -0.2) is 52.3 Å². The molecule has 1 aliphatic heterocycles. The maximum Gasteiger partial charge on any atom is 0.232 e. The molecule has 0 bridgehead atoms. The SMILES string of the molecule is CC(C)N1CCC(OC2CCC(Oc3cnc(Br)cn3)CC2)CC1. The Kier molecular flexibility index (Phi) is 6.47. The maximum absolute atomic E-state index is 6.36. The molecule has 24 heavy (non-hydrogen) atoms. The van der Waals surface area contributed by atoms with Gasteiger partial charge < -0.3 is 14.4 Å². The fourth-order valence-corrected chi connectivity index (χ4v) is 3.82. The second-order valence-electron chi connectivity index (χ2n) is 7.16. The van der Waals surface area contributed by atoms with Crippen LogP contribution in [0.25, 0.3) is 0 Å². The van der Waals surface area contributed by atoms with Crippen LogP contribution in [0, 0.1) is 0 Å². The van der Waals surface area contributed by atoms with Gasteiger partial charge in [-0.3, -0.25) is 0 Å². The number of hydrogen-bond donors (Lipinski definition) is 0. The van der Waals surface area contributed by atoms with Gasteiger partial charge in [0.1, 0.15) is 10.7 Å². The number of aromatic nitrogens is 2. The van der Waals surface area contributed by atoms with Gasteiger partial charge in [-0.15, -0.1) is 0 Å². The molecule has 1 aromatic heterocycles. The molecule has 1 aliphatic carbocycles. The van der Waals surface area contributed by atoms with Crippen LogP contribution in [0.5, 0.6) is 5.88 Å². The molecule has 0 spiro atoms. The lowest BCUT2D eigenvalue weighted by Crippen LogP contribution is -2.42. The first-order chi connectivity index (χ1) is 11.6. The van der Waals surface area contributed by atoms with E-state index in [9.17, 15) is 0 Å². The van der Waals surface area contributed by atoms with Crippen molar-refractivity contribution in [1.82, 2.24) is 14.9 Å². The molecule has 0 unspecified atom stereocenters. The Labute approximate surface area is 153 Å². The van der Waals surface area contributed by atoms with Crippen LogP contribution in [0.4, 0.5) is 0 Å². The highest BCUT2D eigenvalue weighted by Crippen LogP contribution is 2.27. The molecular formula is C18H28BrN3O2. The van der Waals surface area contributed by atoms with Crippen molar-refractivity contribution in [2.24, 2.45) is 0 Å². The van der Waals surface area contributed by atoms with E-state index in [1.807, 2.05) is 0 Å². The van der Waals surface area contributed by atoms with Gasteiger partial charge >= 0.3 is 0 Å². The van der Waals surface area contributed by atoms with Crippen LogP contribution in [0.1, 0.15) is 52.4 Å². The van der Waals surface area contributed by atoms with Crippen molar-refractivity contribution in [3.8, 4) is 5.88 Å². The average molecular weight is 398 g/mol. The van der Waals surface area contributed by atoms with Crippen molar-refractivity contribution >= 4 is 15.9 Å². The summed E-state index contributed by atoms with van der Waals surface area (Å²) in [5.41, 5.74) is 0. The number of piperidine rings is 1. The molecule has 6 heteroatoms. The second kappa shape index (κ2) is 8.59. The quantitative estimate of drug-likeness (QED) is 0.755. The molecule has 0 atom stereocenters. The van der Waals surface area contributed by atoms with Gasteiger partial charge in [0.05, 0.1) is 24.6 Å². The zero-order valence-corrected chi connectivity index (χ0v) is 16.2. The average Bonchev–Trinajstić information content (AvgIpc) is 2.59. The van der Waals surface area contributed by atoms with Gasteiger partial charge in [0.25, 0.3) is 0 Å². The third kappa shape index (κ3) is 5.14. The normalized spacial score (nSPS) is 26.7. The lowest BCUT2D eigenvalue weighted by atomic mass is 9.94. The third-order valence-corrected chi connectivity index (χ3v) is 5.51. The molecular weight excluding hydrogens is 370 g/mol. The van der Waals surface area contributed by atoms with E-state index in [2.05, 4.69) is 44.6 Å². The van der Waals surface area contributed by atoms with Gasteiger partial charge in [0, 0.05) is 19.1 Å². The van der Waals surface area contributed by atoms with E-state index in [0.717, 1.165) is 30.3 Å². The number of ether oxygens (including phenoxy) is 2. The Morgan fingerprint density at radius 1 is 0.958 bits per heavy atom. The summed E-state index contributed by atoms with van der Waals surface area (Å²) in [5.74, 6) is 0.614. The summed E-state index contributed by atoms with van der Waals surface area (Å²) in [6.07, 6.45) is 11.0. The molecule has 0 radical (unpaired) electrons. The van der Waals surface area contributed by atoms with E-state index < -0.39 is 0 Å². The molecule has 0 N–H and O–H groups in total. The Bertz CT molecular complexity index is 495. The molecule has 2 heterocycles. The summed E-state index contributed by atoms with van der Waals surface area (Å²) in [6, 6.07) is 0.653. The lowest BCUT2D eigenvalue weighted by Gasteiger charge is -2.37. The van der Waals surface area contributed by atoms with E-state index in [1.54, 1.807) is 12.4 Å². The molecule has 0 aromatic carbocycles. The molecule has 2 fully saturated rings. The fourth-order valence-electron chi connectivity index (χ4n) is 3.62. The topological polar surface area (TPSA) is 47.5 Å². The van der Waals surface area contributed by atoms with E-state index in [0.29, 0.717) is 24.1 Å². The first-order valence-electron chi connectivity index (χ1n) is 9.14. The minimum atomic E-state index is 0.239. The summed E-state index contributed by atoms with van der Waals surface area (Å²) in [5, 5.41) is 0. The van der Waals surface area contributed by atoms with Gasteiger partial charge in [-0.2, -0.15) is 0 Å². The standard InChI is InChI=1S/C18H28BrN3O2/c1-13(2)22-9-7-16(8-10-22)23-14-3-5-15(6-4-14)24-18-12-20-17(19)11-21-18/h11-16H,3-10H2,1-2H3. The fraction of sp³-hybridized carbons (Fsp3) is 0.778. The highest BCUT2D eigenvalue weighted by molar-refractivity contribution is 9.10. The number of likely N-dealkylation sites (tertiary alicyclic amines) is 1. The number of hydrogen-bond acceptors (Lipinski definition) is 5. The Morgan fingerprint density at radius 2 is 1.58 bits per heavy atom. The van der Waals surface area contributed by atoms with Crippen molar-refractivity contribution in [3.63, 3.8) is 0 Å². The van der Waals surface area contributed by atoms with E-state index in [1.165, 1.54) is 25.9 Å². The first-order valence-corrected chi connectivity index (χ1v) is 9.93. The summed E-state index contributed by atoms with van der Waals surface area (Å²) >= 11 is 3.29. The van der Waals surface area contributed by atoms with Crippen LogP contribution < -0.4 is 4.74 Å². The number of nitrogens with zero attached hydrogens (tertiary/aromatic N) is 3. The zero-order chi connectivity index (χ0) is 16.9. The molecule has 0 amide bonds. The minimum Gasteiger partial charge on any atom is -0.473 e. The Balaban J connectivity index is 1.37. The van der Waals surface area contributed by atoms with Gasteiger partial charge in [-0.1, -0.05) is 0 Å². The second-order valence-corrected chi connectivity index (χ2v) is 7.97. The highest BCUT2D eigenvalue weighted by atomic mass is 79.9. The van der Waals surface area contributed by atoms with Crippen molar-refractivity contribution < 1.29 is 9.47 Å². The van der Waals surface area contributed by atoms with Crippen molar-refractivity contribution in [2.75, 3.05) is 13.1 Å². The number of rotatable bonds is 5. The maximum atomic E-state index is 6.36.